The summed E-state index contributed by atoms with van der Waals surface area (Å²) in [6, 6.07) is 0. The molecule has 0 spiro atoms. The quantitative estimate of drug-likeness (QED) is 0.521. The topological polar surface area (TPSA) is 54.4 Å². The third kappa shape index (κ3) is 3.13. The van der Waals surface area contributed by atoms with Crippen molar-refractivity contribution in [2.75, 3.05) is 5.33 Å². The molecule has 4 rings (SSSR count). The molecule has 0 saturated heterocycles. The van der Waals surface area contributed by atoms with Crippen LogP contribution in [0.5, 0.6) is 0 Å². The first kappa shape index (κ1) is 20.6. The number of alkyl halides is 1. The van der Waals surface area contributed by atoms with Gasteiger partial charge in [-0.2, -0.15) is 0 Å². The van der Waals surface area contributed by atoms with E-state index in [-0.39, 0.29) is 16.7 Å². The van der Waals surface area contributed by atoms with E-state index in [0.29, 0.717) is 35.9 Å². The van der Waals surface area contributed by atoms with Crippen molar-refractivity contribution in [1.29, 1.82) is 0 Å². The van der Waals surface area contributed by atoms with Crippen LogP contribution >= 0.6 is 15.9 Å². The van der Waals surface area contributed by atoms with Gasteiger partial charge in [-0.25, -0.2) is 0 Å². The van der Waals surface area contributed by atoms with Crippen molar-refractivity contribution < 1.29 is 14.7 Å². The molecule has 0 radical (unpaired) electrons. The molecule has 0 aromatic rings. The monoisotopic (exact) mass is 450 g/mol. The second-order valence-electron chi connectivity index (χ2n) is 10.5. The molecule has 0 amide bonds. The first-order valence-electron chi connectivity index (χ1n) is 11.3. The maximum atomic E-state index is 12.1. The number of carbonyl (C=O) groups is 2. The van der Waals surface area contributed by atoms with Crippen LogP contribution in [0, 0.1) is 40.4 Å². The Kier molecular flexibility index (Phi) is 5.57. The number of hydrogen-bond donors (Lipinski definition) is 1. The highest BCUT2D eigenvalue weighted by Crippen LogP contribution is 2.67. The summed E-state index contributed by atoms with van der Waals surface area (Å²) in [6.45, 7) is 4.85. The van der Waals surface area contributed by atoms with Crippen molar-refractivity contribution in [3.63, 3.8) is 0 Å². The molecular formula is C24H35BrO3. The predicted octanol–water partition coefficient (Wildman–Crippen LogP) is 6.01. The van der Waals surface area contributed by atoms with Crippen LogP contribution in [0.4, 0.5) is 0 Å². The second-order valence-corrected chi connectivity index (χ2v) is 11.3. The minimum absolute atomic E-state index is 0.179. The molecule has 1 N–H and O–H groups in total. The van der Waals surface area contributed by atoms with Crippen LogP contribution < -0.4 is 0 Å². The van der Waals surface area contributed by atoms with Gasteiger partial charge in [-0.1, -0.05) is 35.4 Å². The minimum Gasteiger partial charge on any atom is -0.481 e. The van der Waals surface area contributed by atoms with E-state index in [1.807, 2.05) is 6.08 Å². The zero-order chi connectivity index (χ0) is 20.1. The lowest BCUT2D eigenvalue weighted by Crippen LogP contribution is -2.51. The van der Waals surface area contributed by atoms with Crippen molar-refractivity contribution >= 4 is 27.7 Å². The number of aliphatic carboxylic acids is 1. The molecule has 4 aliphatic carbocycles. The minimum atomic E-state index is -0.582. The van der Waals surface area contributed by atoms with E-state index in [9.17, 15) is 14.7 Å². The molecule has 0 aromatic heterocycles. The van der Waals surface area contributed by atoms with Gasteiger partial charge >= 0.3 is 5.97 Å². The van der Waals surface area contributed by atoms with Gasteiger partial charge < -0.3 is 5.11 Å². The molecular weight excluding hydrogens is 416 g/mol. The molecule has 0 heterocycles. The molecule has 0 bridgehead atoms. The van der Waals surface area contributed by atoms with Gasteiger partial charge in [0.15, 0.2) is 5.78 Å². The van der Waals surface area contributed by atoms with Crippen molar-refractivity contribution in [2.24, 2.45) is 40.4 Å². The van der Waals surface area contributed by atoms with Gasteiger partial charge in [0.25, 0.3) is 0 Å². The van der Waals surface area contributed by atoms with E-state index >= 15 is 0 Å². The van der Waals surface area contributed by atoms with Crippen LogP contribution in [0.1, 0.15) is 78.1 Å². The second kappa shape index (κ2) is 7.56. The van der Waals surface area contributed by atoms with E-state index in [2.05, 4.69) is 29.8 Å². The molecule has 3 fully saturated rings. The lowest BCUT2D eigenvalue weighted by molar-refractivity contribution is -0.147. The molecule has 3 nitrogen and oxygen atoms in total. The van der Waals surface area contributed by atoms with Crippen LogP contribution in [-0.2, 0) is 9.59 Å². The Morgan fingerprint density at radius 3 is 2.68 bits per heavy atom. The third-order valence-corrected chi connectivity index (χ3v) is 10.0. The molecule has 1 unspecified atom stereocenters. The zero-order valence-corrected chi connectivity index (χ0v) is 19.0. The number of allylic oxidation sites excluding steroid dienone is 1. The maximum Gasteiger partial charge on any atom is 0.306 e. The van der Waals surface area contributed by atoms with E-state index in [1.165, 1.54) is 31.3 Å². The summed E-state index contributed by atoms with van der Waals surface area (Å²) in [6.07, 6.45) is 12.4. The first-order valence-corrected chi connectivity index (χ1v) is 12.5. The SMILES string of the molecule is C[C@]12CC[C@H]3[C@@H](CCC4=CC(=O)CC[C@@]43C)[C@@H]1CC[C@@H]2C(CCCBr)C(=O)O. The Hall–Kier alpha value is -0.640. The standard InChI is InChI=1S/C24H35BrO3/c1-23-11-9-16(26)14-15(23)5-6-17-19-7-8-20(18(22(27)28)4-3-13-25)24(19,2)12-10-21(17)23/h14,17-21H,3-13H2,1-2H3,(H,27,28)/t17-,18?,19-,20+,21-,23-,24-/m0/s1. The summed E-state index contributed by atoms with van der Waals surface area (Å²) in [4.78, 5) is 24.1. The van der Waals surface area contributed by atoms with Gasteiger partial charge in [0.2, 0.25) is 0 Å². The molecule has 4 aliphatic rings. The lowest BCUT2D eigenvalue weighted by Gasteiger charge is -2.58. The normalized spacial score (nSPS) is 43.5. The summed E-state index contributed by atoms with van der Waals surface area (Å²) in [7, 11) is 0. The van der Waals surface area contributed by atoms with Crippen molar-refractivity contribution in [1.82, 2.24) is 0 Å². The van der Waals surface area contributed by atoms with Gasteiger partial charge in [0.1, 0.15) is 0 Å². The summed E-state index contributed by atoms with van der Waals surface area (Å²) >= 11 is 3.48. The number of halogens is 1. The molecule has 4 heteroatoms. The van der Waals surface area contributed by atoms with E-state index in [4.69, 9.17) is 0 Å². The van der Waals surface area contributed by atoms with Gasteiger partial charge in [-0.15, -0.1) is 0 Å². The maximum absolute atomic E-state index is 12.1. The highest BCUT2D eigenvalue weighted by atomic mass is 79.9. The predicted molar refractivity (Wildman–Crippen MR) is 114 cm³/mol. The van der Waals surface area contributed by atoms with Crippen LogP contribution in [-0.4, -0.2) is 22.2 Å². The summed E-state index contributed by atoms with van der Waals surface area (Å²) < 4.78 is 0. The molecule has 7 atom stereocenters. The van der Waals surface area contributed by atoms with E-state index in [1.54, 1.807) is 0 Å². The average Bonchev–Trinajstić information content (AvgIpc) is 3.00. The van der Waals surface area contributed by atoms with Crippen molar-refractivity contribution in [3.05, 3.63) is 11.6 Å². The average molecular weight is 451 g/mol. The molecule has 0 aliphatic heterocycles. The number of ketones is 1. The number of fused-ring (bicyclic) bond motifs is 5. The molecule has 3 saturated carbocycles. The Morgan fingerprint density at radius 2 is 1.96 bits per heavy atom. The Morgan fingerprint density at radius 1 is 1.18 bits per heavy atom. The fourth-order valence-electron chi connectivity index (χ4n) is 8.05. The Bertz CT molecular complexity index is 685. The van der Waals surface area contributed by atoms with Crippen LogP contribution in [0.15, 0.2) is 11.6 Å². The number of carbonyl (C=O) groups excluding carboxylic acids is 1. The summed E-state index contributed by atoms with van der Waals surface area (Å²) in [5, 5.41) is 10.9. The van der Waals surface area contributed by atoms with Crippen LogP contribution in [0.2, 0.25) is 0 Å². The first-order chi connectivity index (χ1) is 13.3. The fourth-order valence-corrected chi connectivity index (χ4v) is 8.38. The van der Waals surface area contributed by atoms with Gasteiger partial charge in [-0.05, 0) is 98.4 Å². The van der Waals surface area contributed by atoms with Crippen LogP contribution in [0.3, 0.4) is 0 Å². The third-order valence-electron chi connectivity index (χ3n) is 9.49. The zero-order valence-electron chi connectivity index (χ0n) is 17.4. The smallest absolute Gasteiger partial charge is 0.306 e. The van der Waals surface area contributed by atoms with E-state index < -0.39 is 5.97 Å². The molecule has 156 valence electrons. The Balaban J connectivity index is 1.59. The molecule has 0 aromatic carbocycles. The lowest BCUT2D eigenvalue weighted by atomic mass is 9.46. The highest BCUT2D eigenvalue weighted by Gasteiger charge is 2.60. The Labute approximate surface area is 177 Å². The summed E-state index contributed by atoms with van der Waals surface area (Å²) in [5.74, 6) is 1.94. The van der Waals surface area contributed by atoms with Crippen molar-refractivity contribution in [3.8, 4) is 0 Å². The highest BCUT2D eigenvalue weighted by molar-refractivity contribution is 9.09. The van der Waals surface area contributed by atoms with Crippen molar-refractivity contribution in [2.45, 2.75) is 78.1 Å². The van der Waals surface area contributed by atoms with Gasteiger partial charge in [0.05, 0.1) is 5.92 Å². The fraction of sp³-hybridized carbons (Fsp3) is 0.833. The van der Waals surface area contributed by atoms with Gasteiger partial charge in [0, 0.05) is 11.8 Å². The number of rotatable bonds is 5. The largest absolute Gasteiger partial charge is 0.481 e. The number of hydrogen-bond acceptors (Lipinski definition) is 2. The number of carboxylic acid groups (broad SMARTS) is 1. The number of carboxylic acids is 1. The van der Waals surface area contributed by atoms with Gasteiger partial charge in [-0.3, -0.25) is 9.59 Å². The van der Waals surface area contributed by atoms with Crippen LogP contribution in [0.25, 0.3) is 0 Å². The van der Waals surface area contributed by atoms with E-state index in [0.717, 1.165) is 37.4 Å². The summed E-state index contributed by atoms with van der Waals surface area (Å²) in [5.41, 5.74) is 1.81. The molecule has 28 heavy (non-hydrogen) atoms.